The average molecular weight is 363 g/mol. The van der Waals surface area contributed by atoms with Crippen molar-refractivity contribution in [3.05, 3.63) is 24.3 Å². The van der Waals surface area contributed by atoms with Gasteiger partial charge in [0.25, 0.3) is 5.91 Å². The highest BCUT2D eigenvalue weighted by Crippen LogP contribution is 2.22. The SMILES string of the molecule is CCC[NH+](CC(=O)Nc1ccccc1OC)CN1C(=O)C(=O)N(C)C1=O. The molecule has 26 heavy (non-hydrogen) atoms. The van der Waals surface area contributed by atoms with Crippen LogP contribution in [0.2, 0.25) is 0 Å². The number of para-hydroxylation sites is 2. The van der Waals surface area contributed by atoms with E-state index in [9.17, 15) is 19.2 Å². The third-order valence-electron chi connectivity index (χ3n) is 4.03. The van der Waals surface area contributed by atoms with Crippen LogP contribution in [0.4, 0.5) is 10.5 Å². The smallest absolute Gasteiger partial charge is 0.338 e. The second kappa shape index (κ2) is 8.43. The van der Waals surface area contributed by atoms with Gasteiger partial charge in [0.05, 0.1) is 19.3 Å². The quantitative estimate of drug-likeness (QED) is 0.470. The number of quaternary nitrogens is 1. The van der Waals surface area contributed by atoms with Gasteiger partial charge >= 0.3 is 17.8 Å². The van der Waals surface area contributed by atoms with Crippen molar-refractivity contribution in [3.63, 3.8) is 0 Å². The van der Waals surface area contributed by atoms with Gasteiger partial charge in [0.1, 0.15) is 5.75 Å². The molecule has 9 nitrogen and oxygen atoms in total. The van der Waals surface area contributed by atoms with Crippen LogP contribution in [-0.4, -0.2) is 67.5 Å². The highest BCUT2D eigenvalue weighted by molar-refractivity contribution is 6.44. The maximum Gasteiger partial charge on any atom is 0.338 e. The fourth-order valence-corrected chi connectivity index (χ4v) is 2.72. The molecule has 140 valence electrons. The van der Waals surface area contributed by atoms with E-state index in [1.54, 1.807) is 24.3 Å². The monoisotopic (exact) mass is 363 g/mol. The molecule has 1 saturated heterocycles. The minimum atomic E-state index is -0.865. The molecule has 1 atom stereocenters. The Morgan fingerprint density at radius 2 is 1.88 bits per heavy atom. The predicted molar refractivity (Wildman–Crippen MR) is 92.5 cm³/mol. The Labute approximate surface area is 151 Å². The number of likely N-dealkylation sites (N-methyl/N-ethyl adjacent to an activating group) is 1. The first-order chi connectivity index (χ1) is 12.4. The van der Waals surface area contributed by atoms with Crippen LogP contribution in [-0.2, 0) is 14.4 Å². The van der Waals surface area contributed by atoms with E-state index in [2.05, 4.69) is 5.32 Å². The zero-order chi connectivity index (χ0) is 19.3. The molecule has 1 fully saturated rings. The molecule has 0 aliphatic carbocycles. The number of nitrogens with one attached hydrogen (secondary N) is 2. The molecule has 0 bridgehead atoms. The van der Waals surface area contributed by atoms with Crippen LogP contribution < -0.4 is 15.0 Å². The second-order valence-corrected chi connectivity index (χ2v) is 5.96. The number of hydrogen-bond acceptors (Lipinski definition) is 5. The summed E-state index contributed by atoms with van der Waals surface area (Å²) in [6.45, 7) is 2.50. The number of amides is 5. The van der Waals surface area contributed by atoms with Crippen LogP contribution in [0, 0.1) is 0 Å². The van der Waals surface area contributed by atoms with Gasteiger partial charge in [-0.3, -0.25) is 19.3 Å². The Balaban J connectivity index is 2.03. The summed E-state index contributed by atoms with van der Waals surface area (Å²) in [7, 11) is 2.77. The number of rotatable bonds is 8. The molecule has 2 rings (SSSR count). The van der Waals surface area contributed by atoms with Crippen molar-refractivity contribution in [2.45, 2.75) is 13.3 Å². The Morgan fingerprint density at radius 3 is 2.46 bits per heavy atom. The molecule has 1 unspecified atom stereocenters. The minimum Gasteiger partial charge on any atom is -0.495 e. The van der Waals surface area contributed by atoms with Gasteiger partial charge in [-0.15, -0.1) is 0 Å². The third-order valence-corrected chi connectivity index (χ3v) is 4.03. The number of carbonyl (C=O) groups is 4. The summed E-state index contributed by atoms with van der Waals surface area (Å²) in [6.07, 6.45) is 0.747. The molecule has 1 aliphatic heterocycles. The number of carbonyl (C=O) groups excluding carboxylic acids is 4. The van der Waals surface area contributed by atoms with Gasteiger partial charge in [0, 0.05) is 7.05 Å². The summed E-state index contributed by atoms with van der Waals surface area (Å²) in [4.78, 5) is 50.3. The van der Waals surface area contributed by atoms with Gasteiger partial charge in [0.2, 0.25) is 0 Å². The first-order valence-electron chi connectivity index (χ1n) is 8.29. The van der Waals surface area contributed by atoms with Gasteiger partial charge in [-0.2, -0.15) is 0 Å². The standard InChI is InChI=1S/C17H22N4O5/c1-4-9-20(11-21-16(24)15(23)19(2)17(21)25)10-14(22)18-12-7-5-6-8-13(12)26-3/h5-8H,4,9-11H2,1-3H3,(H,18,22)/p+1. The number of imide groups is 2. The zero-order valence-electron chi connectivity index (χ0n) is 15.1. The molecule has 9 heteroatoms. The van der Waals surface area contributed by atoms with Crippen molar-refractivity contribution in [1.82, 2.24) is 9.80 Å². The number of ether oxygens (including phenoxy) is 1. The van der Waals surface area contributed by atoms with Crippen LogP contribution in [0.25, 0.3) is 0 Å². The highest BCUT2D eigenvalue weighted by atomic mass is 16.5. The van der Waals surface area contributed by atoms with Gasteiger partial charge < -0.3 is 15.0 Å². The molecule has 1 aliphatic rings. The van der Waals surface area contributed by atoms with Gasteiger partial charge in [0.15, 0.2) is 13.2 Å². The topological polar surface area (TPSA) is 100 Å². The maximum absolute atomic E-state index is 12.4. The molecular formula is C17H23N4O5+. The van der Waals surface area contributed by atoms with Crippen molar-refractivity contribution in [2.75, 3.05) is 39.2 Å². The van der Waals surface area contributed by atoms with Crippen LogP contribution in [0.1, 0.15) is 13.3 Å². The lowest BCUT2D eigenvalue weighted by Crippen LogP contribution is -3.14. The van der Waals surface area contributed by atoms with Crippen LogP contribution in [0.15, 0.2) is 24.3 Å². The van der Waals surface area contributed by atoms with E-state index >= 15 is 0 Å². The summed E-state index contributed by atoms with van der Waals surface area (Å²) in [5.41, 5.74) is 0.541. The van der Waals surface area contributed by atoms with Crippen molar-refractivity contribution >= 4 is 29.4 Å². The number of benzene rings is 1. The number of methoxy groups -OCH3 is 1. The molecule has 0 radical (unpaired) electrons. The summed E-state index contributed by atoms with van der Waals surface area (Å²) in [5, 5.41) is 2.76. The van der Waals surface area contributed by atoms with Gasteiger partial charge in [-0.05, 0) is 18.6 Å². The Bertz CT molecular complexity index is 721. The molecule has 2 N–H and O–H groups in total. The number of hydrogen-bond donors (Lipinski definition) is 2. The predicted octanol–water partition coefficient (Wildman–Crippen LogP) is -0.693. The lowest BCUT2D eigenvalue weighted by molar-refractivity contribution is -0.899. The Hall–Kier alpha value is -2.94. The zero-order valence-corrected chi connectivity index (χ0v) is 15.1. The van der Waals surface area contributed by atoms with E-state index in [-0.39, 0.29) is 19.1 Å². The molecule has 5 amide bonds. The fourth-order valence-electron chi connectivity index (χ4n) is 2.72. The van der Waals surface area contributed by atoms with E-state index in [0.717, 1.165) is 16.2 Å². The molecule has 0 spiro atoms. The third kappa shape index (κ3) is 4.17. The van der Waals surface area contributed by atoms with Gasteiger partial charge in [-0.1, -0.05) is 19.1 Å². The van der Waals surface area contributed by atoms with E-state index < -0.39 is 17.8 Å². The van der Waals surface area contributed by atoms with Crippen LogP contribution in [0.3, 0.4) is 0 Å². The fraction of sp³-hybridized carbons (Fsp3) is 0.412. The first-order valence-corrected chi connectivity index (χ1v) is 8.29. The molecule has 0 saturated carbocycles. The molecular weight excluding hydrogens is 340 g/mol. The Morgan fingerprint density at radius 1 is 1.19 bits per heavy atom. The second-order valence-electron chi connectivity index (χ2n) is 5.96. The molecule has 1 heterocycles. The van der Waals surface area contributed by atoms with E-state index in [1.807, 2.05) is 6.92 Å². The normalized spacial score (nSPS) is 15.4. The van der Waals surface area contributed by atoms with E-state index in [0.29, 0.717) is 22.9 Å². The largest absolute Gasteiger partial charge is 0.495 e. The number of urea groups is 1. The van der Waals surface area contributed by atoms with Crippen molar-refractivity contribution in [2.24, 2.45) is 0 Å². The molecule has 0 aromatic heterocycles. The molecule has 1 aromatic carbocycles. The van der Waals surface area contributed by atoms with Gasteiger partial charge in [-0.25, -0.2) is 9.69 Å². The van der Waals surface area contributed by atoms with Crippen molar-refractivity contribution in [1.29, 1.82) is 0 Å². The summed E-state index contributed by atoms with van der Waals surface area (Å²) in [6, 6.07) is 6.35. The molecule has 1 aromatic rings. The lowest BCUT2D eigenvalue weighted by Gasteiger charge is -2.22. The summed E-state index contributed by atoms with van der Waals surface area (Å²) in [5.74, 6) is -1.47. The number of anilines is 1. The van der Waals surface area contributed by atoms with Crippen molar-refractivity contribution < 1.29 is 28.8 Å². The van der Waals surface area contributed by atoms with Crippen LogP contribution >= 0.6 is 0 Å². The minimum absolute atomic E-state index is 0.0407. The maximum atomic E-state index is 12.4. The Kier molecular flexibility index (Phi) is 6.29. The van der Waals surface area contributed by atoms with E-state index in [4.69, 9.17) is 4.74 Å². The lowest BCUT2D eigenvalue weighted by atomic mass is 10.3. The van der Waals surface area contributed by atoms with Crippen molar-refractivity contribution in [3.8, 4) is 5.75 Å². The summed E-state index contributed by atoms with van der Waals surface area (Å²) >= 11 is 0. The first kappa shape index (κ1) is 19.4. The average Bonchev–Trinajstić information content (AvgIpc) is 2.80. The van der Waals surface area contributed by atoms with E-state index in [1.165, 1.54) is 14.2 Å². The van der Waals surface area contributed by atoms with Crippen LogP contribution in [0.5, 0.6) is 5.75 Å². The summed E-state index contributed by atoms with van der Waals surface area (Å²) < 4.78 is 5.20. The number of nitrogens with zero attached hydrogens (tertiary/aromatic N) is 2. The highest BCUT2D eigenvalue weighted by Gasteiger charge is 2.44.